The van der Waals surface area contributed by atoms with E-state index in [1.165, 1.54) is 29.7 Å². The highest BCUT2D eigenvalue weighted by atomic mass is 16.5. The largest absolute Gasteiger partial charge is 0.322 e. The molecule has 0 atom stereocenters. The Balaban J connectivity index is 1.96. The third kappa shape index (κ3) is 3.94. The fourth-order valence-corrected chi connectivity index (χ4v) is 2.87. The molecule has 0 aliphatic rings. The number of nitrogens with one attached hydrogen (secondary N) is 3. The molecule has 135 valence electrons. The van der Waals surface area contributed by atoms with Crippen LogP contribution in [0, 0.1) is 0 Å². The van der Waals surface area contributed by atoms with Crippen molar-refractivity contribution < 1.29 is 19.6 Å². The van der Waals surface area contributed by atoms with E-state index in [1.807, 2.05) is 18.2 Å². The molecule has 0 saturated carbocycles. The molecule has 3 amide bonds. The number of hydrogen-bond donors (Lipinski definition) is 3. The van der Waals surface area contributed by atoms with Crippen molar-refractivity contribution in [2.45, 2.75) is 6.42 Å². The summed E-state index contributed by atoms with van der Waals surface area (Å²) in [4.78, 5) is 35.6. The van der Waals surface area contributed by atoms with E-state index in [2.05, 4.69) is 5.32 Å². The van der Waals surface area contributed by atoms with E-state index in [4.69, 9.17) is 10.9 Å². The maximum absolute atomic E-state index is 12.9. The molecule has 0 fully saturated rings. The molecule has 0 saturated heterocycles. The van der Waals surface area contributed by atoms with Gasteiger partial charge in [-0.25, -0.2) is 5.48 Å². The summed E-state index contributed by atoms with van der Waals surface area (Å²) >= 11 is 0. The van der Waals surface area contributed by atoms with Gasteiger partial charge in [-0.05, 0) is 40.6 Å². The summed E-state index contributed by atoms with van der Waals surface area (Å²) in [5, 5.41) is 12.9. The summed E-state index contributed by atoms with van der Waals surface area (Å²) < 4.78 is 0. The van der Waals surface area contributed by atoms with Crippen LogP contribution in [0.1, 0.15) is 26.3 Å². The fourth-order valence-electron chi connectivity index (χ4n) is 2.87. The second-order valence-electron chi connectivity index (χ2n) is 5.89. The lowest BCUT2D eigenvalue weighted by Crippen LogP contribution is -2.19. The molecule has 0 spiro atoms. The molecule has 7 nitrogen and oxygen atoms in total. The van der Waals surface area contributed by atoms with Crippen molar-refractivity contribution >= 4 is 34.2 Å². The minimum Gasteiger partial charge on any atom is -0.322 e. The van der Waals surface area contributed by atoms with Crippen molar-refractivity contribution in [3.05, 3.63) is 77.4 Å². The van der Waals surface area contributed by atoms with Crippen LogP contribution in [-0.2, 0) is 11.2 Å². The van der Waals surface area contributed by atoms with E-state index >= 15 is 0 Å². The first-order valence-corrected chi connectivity index (χ1v) is 8.10. The van der Waals surface area contributed by atoms with Gasteiger partial charge in [-0.1, -0.05) is 36.4 Å². The second kappa shape index (κ2) is 7.67. The van der Waals surface area contributed by atoms with Gasteiger partial charge in [0.15, 0.2) is 0 Å². The van der Waals surface area contributed by atoms with Gasteiger partial charge in [0.1, 0.15) is 0 Å². The summed E-state index contributed by atoms with van der Waals surface area (Å²) in [6, 6.07) is 16.8. The summed E-state index contributed by atoms with van der Waals surface area (Å²) in [5.74, 6) is -1.85. The van der Waals surface area contributed by atoms with Crippen molar-refractivity contribution in [2.24, 2.45) is 0 Å². The van der Waals surface area contributed by atoms with Gasteiger partial charge in [-0.3, -0.25) is 25.3 Å². The van der Waals surface area contributed by atoms with Crippen LogP contribution >= 0.6 is 0 Å². The Kier molecular flexibility index (Phi) is 5.14. The first kappa shape index (κ1) is 18.1. The van der Waals surface area contributed by atoms with Gasteiger partial charge in [0.2, 0.25) is 5.91 Å². The van der Waals surface area contributed by atoms with Gasteiger partial charge in [0, 0.05) is 11.3 Å². The molecule has 1 radical (unpaired) electrons. The Morgan fingerprint density at radius 3 is 2.26 bits per heavy atom. The standard InChI is InChI=1S/C20H16N3O4/c21-17(24)11-14-6-5-12-3-1-2-4-16(12)18(14)20(26)22-15-9-7-13(8-10-15)19(25)23-27/h1-10,21,27H,11H2,(H,22,26)(H,23,25). The predicted octanol–water partition coefficient (Wildman–Crippen LogP) is 2.56. The normalized spacial score (nSPS) is 10.4. The van der Waals surface area contributed by atoms with Gasteiger partial charge in [0.25, 0.3) is 11.8 Å². The van der Waals surface area contributed by atoms with Gasteiger partial charge < -0.3 is 5.32 Å². The number of hydroxylamine groups is 1. The number of hydrogen-bond acceptors (Lipinski definition) is 4. The summed E-state index contributed by atoms with van der Waals surface area (Å²) in [7, 11) is 0. The van der Waals surface area contributed by atoms with Crippen LogP contribution in [0.4, 0.5) is 5.69 Å². The zero-order valence-corrected chi connectivity index (χ0v) is 14.2. The number of carbonyl (C=O) groups excluding carboxylic acids is 3. The minimum atomic E-state index is -0.779. The zero-order valence-electron chi connectivity index (χ0n) is 14.2. The Bertz CT molecular complexity index is 1030. The van der Waals surface area contributed by atoms with Crippen LogP contribution < -0.4 is 16.5 Å². The van der Waals surface area contributed by atoms with Gasteiger partial charge in [0.05, 0.1) is 12.0 Å². The van der Waals surface area contributed by atoms with Crippen molar-refractivity contribution in [1.29, 1.82) is 0 Å². The smallest absolute Gasteiger partial charge is 0.274 e. The number of benzene rings is 3. The summed E-state index contributed by atoms with van der Waals surface area (Å²) in [6.07, 6.45) is -0.163. The number of fused-ring (bicyclic) bond motifs is 1. The van der Waals surface area contributed by atoms with Crippen molar-refractivity contribution in [3.63, 3.8) is 0 Å². The molecule has 3 aromatic rings. The topological polar surface area (TPSA) is 119 Å². The third-order valence-electron chi connectivity index (χ3n) is 4.10. The van der Waals surface area contributed by atoms with Crippen LogP contribution in [-0.4, -0.2) is 22.9 Å². The number of anilines is 1. The van der Waals surface area contributed by atoms with Crippen molar-refractivity contribution in [3.8, 4) is 0 Å². The highest BCUT2D eigenvalue weighted by molar-refractivity contribution is 6.14. The SMILES string of the molecule is [NH]C(=O)Cc1ccc2ccccc2c1C(=O)Nc1ccc(C(=O)NO)cc1. The Morgan fingerprint density at radius 2 is 1.59 bits per heavy atom. The molecule has 0 unspecified atom stereocenters. The molecule has 0 bridgehead atoms. The van der Waals surface area contributed by atoms with Crippen molar-refractivity contribution in [2.75, 3.05) is 5.32 Å². The molecule has 0 aliphatic heterocycles. The van der Waals surface area contributed by atoms with Crippen LogP contribution in [0.15, 0.2) is 60.7 Å². The monoisotopic (exact) mass is 362 g/mol. The van der Waals surface area contributed by atoms with E-state index in [9.17, 15) is 14.4 Å². The third-order valence-corrected chi connectivity index (χ3v) is 4.10. The molecule has 3 aromatic carbocycles. The molecule has 0 aromatic heterocycles. The van der Waals surface area contributed by atoms with Crippen LogP contribution in [0.2, 0.25) is 0 Å². The maximum atomic E-state index is 12.9. The van der Waals surface area contributed by atoms with Gasteiger partial charge >= 0.3 is 0 Å². The fraction of sp³-hybridized carbons (Fsp3) is 0.0500. The first-order valence-electron chi connectivity index (χ1n) is 8.10. The van der Waals surface area contributed by atoms with Gasteiger partial charge in [-0.15, -0.1) is 0 Å². The quantitative estimate of drug-likeness (QED) is 0.477. The molecular formula is C20H16N3O4. The zero-order chi connectivity index (χ0) is 19.4. The average Bonchev–Trinajstić information content (AvgIpc) is 2.67. The molecule has 0 heterocycles. The van der Waals surface area contributed by atoms with E-state index in [0.29, 0.717) is 22.2 Å². The lowest BCUT2D eigenvalue weighted by molar-refractivity contribution is -0.118. The van der Waals surface area contributed by atoms with Crippen molar-refractivity contribution in [1.82, 2.24) is 11.2 Å². The number of amides is 3. The van der Waals surface area contributed by atoms with E-state index < -0.39 is 17.7 Å². The van der Waals surface area contributed by atoms with Crippen LogP contribution in [0.25, 0.3) is 10.8 Å². The Hall–Kier alpha value is -3.71. The Labute approximate surface area is 154 Å². The first-order chi connectivity index (χ1) is 13.0. The summed E-state index contributed by atoms with van der Waals surface area (Å²) in [6.45, 7) is 0. The van der Waals surface area contributed by atoms with Crippen LogP contribution in [0.3, 0.4) is 0 Å². The maximum Gasteiger partial charge on any atom is 0.274 e. The average molecular weight is 362 g/mol. The molecule has 0 aliphatic carbocycles. The van der Waals surface area contributed by atoms with E-state index in [0.717, 1.165) is 5.39 Å². The number of carbonyl (C=O) groups is 3. The predicted molar refractivity (Wildman–Crippen MR) is 99.4 cm³/mol. The number of rotatable bonds is 5. The Morgan fingerprint density at radius 1 is 0.889 bits per heavy atom. The van der Waals surface area contributed by atoms with E-state index in [1.54, 1.807) is 18.2 Å². The molecule has 7 heteroatoms. The highest BCUT2D eigenvalue weighted by Gasteiger charge is 2.17. The van der Waals surface area contributed by atoms with Crippen LogP contribution in [0.5, 0.6) is 0 Å². The molecule has 4 N–H and O–H groups in total. The molecule has 27 heavy (non-hydrogen) atoms. The lowest BCUT2D eigenvalue weighted by atomic mass is 9.96. The minimum absolute atomic E-state index is 0.163. The lowest BCUT2D eigenvalue weighted by Gasteiger charge is -2.13. The summed E-state index contributed by atoms with van der Waals surface area (Å²) in [5.41, 5.74) is 10.3. The molecule has 3 rings (SSSR count). The highest BCUT2D eigenvalue weighted by Crippen LogP contribution is 2.24. The van der Waals surface area contributed by atoms with Gasteiger partial charge in [-0.2, -0.15) is 0 Å². The second-order valence-corrected chi connectivity index (χ2v) is 5.89. The molecular weight excluding hydrogens is 346 g/mol. The van der Waals surface area contributed by atoms with E-state index in [-0.39, 0.29) is 12.0 Å².